The fourth-order valence-electron chi connectivity index (χ4n) is 4.00. The van der Waals surface area contributed by atoms with E-state index < -0.39 is 12.0 Å². The molecule has 0 aromatic rings. The standard InChI is InChI=1S/C27H52N2O4/c1-2-3-4-5-6-7-8-9-10-11-12-13-14-19-24(30)20-15-16-22-26(31)29-23-18-17-21-25(28)27(32)33/h25H,2-23,28H2,1H3,(H,29,31)(H,32,33). The minimum atomic E-state index is -0.984. The number of nitrogens with two attached hydrogens (primary N) is 1. The van der Waals surface area contributed by atoms with Gasteiger partial charge in [0.1, 0.15) is 11.8 Å². The molecule has 0 heterocycles. The van der Waals surface area contributed by atoms with Gasteiger partial charge in [0.15, 0.2) is 0 Å². The van der Waals surface area contributed by atoms with E-state index in [0.717, 1.165) is 32.1 Å². The third-order valence-corrected chi connectivity index (χ3v) is 6.25. The van der Waals surface area contributed by atoms with Crippen LogP contribution in [0.15, 0.2) is 0 Å². The number of amides is 1. The highest BCUT2D eigenvalue weighted by Gasteiger charge is 2.10. The van der Waals surface area contributed by atoms with Crippen molar-refractivity contribution >= 4 is 17.7 Å². The van der Waals surface area contributed by atoms with Crippen LogP contribution in [-0.4, -0.2) is 35.4 Å². The summed E-state index contributed by atoms with van der Waals surface area (Å²) < 4.78 is 0. The number of rotatable bonds is 25. The van der Waals surface area contributed by atoms with Crippen LogP contribution in [0.2, 0.25) is 0 Å². The van der Waals surface area contributed by atoms with Gasteiger partial charge < -0.3 is 16.2 Å². The Morgan fingerprint density at radius 2 is 1.12 bits per heavy atom. The second-order valence-electron chi connectivity index (χ2n) is 9.53. The number of carbonyl (C=O) groups is 3. The third-order valence-electron chi connectivity index (χ3n) is 6.25. The summed E-state index contributed by atoms with van der Waals surface area (Å²) in [5.41, 5.74) is 5.44. The number of aliphatic carboxylic acids is 1. The van der Waals surface area contributed by atoms with Crippen molar-refractivity contribution in [3.63, 3.8) is 0 Å². The highest BCUT2D eigenvalue weighted by Crippen LogP contribution is 2.13. The molecule has 0 saturated carbocycles. The molecule has 0 bridgehead atoms. The van der Waals surface area contributed by atoms with Gasteiger partial charge in [0.2, 0.25) is 5.91 Å². The Kier molecular flexibility index (Phi) is 22.7. The predicted molar refractivity (Wildman–Crippen MR) is 136 cm³/mol. The van der Waals surface area contributed by atoms with Crippen molar-refractivity contribution in [1.29, 1.82) is 0 Å². The van der Waals surface area contributed by atoms with Gasteiger partial charge in [-0.1, -0.05) is 84.0 Å². The summed E-state index contributed by atoms with van der Waals surface area (Å²) in [7, 11) is 0. The van der Waals surface area contributed by atoms with Crippen molar-refractivity contribution in [2.45, 2.75) is 148 Å². The minimum absolute atomic E-state index is 0.00137. The first-order chi connectivity index (χ1) is 16.0. The van der Waals surface area contributed by atoms with E-state index in [1.807, 2.05) is 0 Å². The first-order valence-corrected chi connectivity index (χ1v) is 13.7. The van der Waals surface area contributed by atoms with Crippen LogP contribution >= 0.6 is 0 Å². The maximum absolute atomic E-state index is 12.0. The quantitative estimate of drug-likeness (QED) is 0.136. The molecule has 6 nitrogen and oxygen atoms in total. The zero-order valence-electron chi connectivity index (χ0n) is 21.4. The number of hydrogen-bond donors (Lipinski definition) is 3. The molecule has 0 radical (unpaired) electrons. The van der Waals surface area contributed by atoms with Crippen LogP contribution in [0.4, 0.5) is 0 Å². The molecule has 33 heavy (non-hydrogen) atoms. The van der Waals surface area contributed by atoms with Crippen molar-refractivity contribution < 1.29 is 19.5 Å². The number of carboxylic acid groups (broad SMARTS) is 1. The Morgan fingerprint density at radius 3 is 1.64 bits per heavy atom. The van der Waals surface area contributed by atoms with Crippen LogP contribution in [0.5, 0.6) is 0 Å². The van der Waals surface area contributed by atoms with Crippen LogP contribution in [0, 0.1) is 0 Å². The number of carboxylic acids is 1. The van der Waals surface area contributed by atoms with E-state index in [9.17, 15) is 14.4 Å². The van der Waals surface area contributed by atoms with Gasteiger partial charge in [-0.05, 0) is 38.5 Å². The zero-order chi connectivity index (χ0) is 24.6. The molecule has 6 heteroatoms. The minimum Gasteiger partial charge on any atom is -0.480 e. The third kappa shape index (κ3) is 23.5. The molecule has 0 aromatic heterocycles. The lowest BCUT2D eigenvalue weighted by molar-refractivity contribution is -0.138. The first-order valence-electron chi connectivity index (χ1n) is 13.7. The Morgan fingerprint density at radius 1 is 0.667 bits per heavy atom. The van der Waals surface area contributed by atoms with Crippen LogP contribution in [0.25, 0.3) is 0 Å². The van der Waals surface area contributed by atoms with E-state index >= 15 is 0 Å². The zero-order valence-corrected chi connectivity index (χ0v) is 21.4. The van der Waals surface area contributed by atoms with E-state index in [1.54, 1.807) is 0 Å². The maximum Gasteiger partial charge on any atom is 0.320 e. The average molecular weight is 469 g/mol. The number of hydrogen-bond acceptors (Lipinski definition) is 4. The van der Waals surface area contributed by atoms with Gasteiger partial charge in [-0.15, -0.1) is 0 Å². The van der Waals surface area contributed by atoms with Gasteiger partial charge in [-0.3, -0.25) is 14.4 Å². The smallest absolute Gasteiger partial charge is 0.320 e. The largest absolute Gasteiger partial charge is 0.480 e. The number of Topliss-reactive ketones (excluding diaryl/α,β-unsaturated/α-hetero) is 1. The highest BCUT2D eigenvalue weighted by atomic mass is 16.4. The van der Waals surface area contributed by atoms with Gasteiger partial charge in [0, 0.05) is 25.8 Å². The number of carbonyl (C=O) groups excluding carboxylic acids is 2. The van der Waals surface area contributed by atoms with Crippen LogP contribution in [-0.2, 0) is 14.4 Å². The van der Waals surface area contributed by atoms with Crippen molar-refractivity contribution in [2.24, 2.45) is 5.73 Å². The summed E-state index contributed by atoms with van der Waals surface area (Å²) >= 11 is 0. The SMILES string of the molecule is CCCCCCCCCCCCCCCC(=O)CCCCC(=O)NCCCCC(N)C(=O)O. The summed E-state index contributed by atoms with van der Waals surface area (Å²) in [6.07, 6.45) is 22.1. The van der Waals surface area contributed by atoms with E-state index in [1.165, 1.54) is 70.6 Å². The second-order valence-corrected chi connectivity index (χ2v) is 9.53. The van der Waals surface area contributed by atoms with Crippen molar-refractivity contribution in [1.82, 2.24) is 5.32 Å². The van der Waals surface area contributed by atoms with Crippen LogP contribution in [0.1, 0.15) is 142 Å². The fourth-order valence-corrected chi connectivity index (χ4v) is 4.00. The van der Waals surface area contributed by atoms with Gasteiger partial charge in [0.25, 0.3) is 0 Å². The molecule has 1 atom stereocenters. The summed E-state index contributed by atoms with van der Waals surface area (Å²) in [4.78, 5) is 34.4. The molecule has 0 aliphatic heterocycles. The molecule has 1 amide bonds. The lowest BCUT2D eigenvalue weighted by Crippen LogP contribution is -2.30. The summed E-state index contributed by atoms with van der Waals surface area (Å²) in [5, 5.41) is 11.5. The Balaban J connectivity index is 3.34. The van der Waals surface area contributed by atoms with E-state index in [-0.39, 0.29) is 5.91 Å². The van der Waals surface area contributed by atoms with Gasteiger partial charge in [-0.2, -0.15) is 0 Å². The second kappa shape index (κ2) is 23.7. The average Bonchev–Trinajstić information content (AvgIpc) is 2.79. The monoisotopic (exact) mass is 468 g/mol. The van der Waals surface area contributed by atoms with Gasteiger partial charge in [-0.25, -0.2) is 0 Å². The molecule has 0 saturated heterocycles. The van der Waals surface area contributed by atoms with E-state index in [2.05, 4.69) is 12.2 Å². The van der Waals surface area contributed by atoms with E-state index in [0.29, 0.717) is 44.4 Å². The number of nitrogens with one attached hydrogen (secondary N) is 1. The van der Waals surface area contributed by atoms with Crippen LogP contribution < -0.4 is 11.1 Å². The highest BCUT2D eigenvalue weighted by molar-refractivity contribution is 5.78. The molecule has 0 spiro atoms. The number of ketones is 1. The summed E-state index contributed by atoms with van der Waals surface area (Å²) in [6, 6.07) is -0.821. The molecule has 4 N–H and O–H groups in total. The maximum atomic E-state index is 12.0. The molecule has 0 rings (SSSR count). The molecule has 0 fully saturated rings. The fraction of sp³-hybridized carbons (Fsp3) is 0.889. The normalized spacial score (nSPS) is 11.9. The number of unbranched alkanes of at least 4 members (excludes halogenated alkanes) is 14. The molecule has 0 aliphatic rings. The molecule has 0 aliphatic carbocycles. The van der Waals surface area contributed by atoms with Gasteiger partial charge in [0.05, 0.1) is 0 Å². The van der Waals surface area contributed by atoms with Gasteiger partial charge >= 0.3 is 5.97 Å². The molecule has 0 aromatic carbocycles. The van der Waals surface area contributed by atoms with Crippen molar-refractivity contribution in [2.75, 3.05) is 6.54 Å². The van der Waals surface area contributed by atoms with E-state index in [4.69, 9.17) is 10.8 Å². The van der Waals surface area contributed by atoms with Crippen LogP contribution in [0.3, 0.4) is 0 Å². The van der Waals surface area contributed by atoms with Crippen molar-refractivity contribution in [3.05, 3.63) is 0 Å². The lowest BCUT2D eigenvalue weighted by atomic mass is 10.0. The molecular weight excluding hydrogens is 416 g/mol. The summed E-state index contributed by atoms with van der Waals surface area (Å²) in [5.74, 6) is -0.655. The lowest BCUT2D eigenvalue weighted by Gasteiger charge is -2.07. The molecular formula is C27H52N2O4. The molecule has 194 valence electrons. The predicted octanol–water partition coefficient (Wildman–Crippen LogP) is 6.30. The first kappa shape index (κ1) is 31.6. The summed E-state index contributed by atoms with van der Waals surface area (Å²) in [6.45, 7) is 2.81. The van der Waals surface area contributed by atoms with Crippen molar-refractivity contribution in [3.8, 4) is 0 Å². The topological polar surface area (TPSA) is 109 Å². The Bertz CT molecular complexity index is 497. The Hall–Kier alpha value is -1.43. The molecule has 1 unspecified atom stereocenters. The Labute approximate surface area is 202 Å².